The topological polar surface area (TPSA) is 78.7 Å². The predicted octanol–water partition coefficient (Wildman–Crippen LogP) is -0.820. The summed E-state index contributed by atoms with van der Waals surface area (Å²) < 4.78 is 0. The summed E-state index contributed by atoms with van der Waals surface area (Å²) in [5.74, 6) is -0.0752. The number of primary amides is 1. The molecule has 1 unspecified atom stereocenters. The van der Waals surface area contributed by atoms with Gasteiger partial charge in [0.25, 0.3) is 0 Å². The van der Waals surface area contributed by atoms with Crippen LogP contribution in [0.2, 0.25) is 0 Å². The maximum atomic E-state index is 12.0. The Morgan fingerprint density at radius 2 is 1.89 bits per heavy atom. The van der Waals surface area contributed by atoms with Crippen LogP contribution in [0.1, 0.15) is 19.3 Å². The molecule has 7 heteroatoms. The average Bonchev–Trinajstić information content (AvgIpc) is 2.85. The highest BCUT2D eigenvalue weighted by Gasteiger charge is 2.29. The van der Waals surface area contributed by atoms with Crippen molar-refractivity contribution >= 4 is 24.2 Å². The lowest BCUT2D eigenvalue weighted by molar-refractivity contribution is -0.132. The summed E-state index contributed by atoms with van der Waals surface area (Å²) in [6.07, 6.45) is 2.32. The number of likely N-dealkylation sites (tertiary alicyclic amines) is 1. The minimum Gasteiger partial charge on any atom is -0.368 e. The Labute approximate surface area is 120 Å². The van der Waals surface area contributed by atoms with Crippen molar-refractivity contribution in [3.63, 3.8) is 0 Å². The zero-order valence-corrected chi connectivity index (χ0v) is 12.0. The van der Waals surface area contributed by atoms with E-state index < -0.39 is 0 Å². The Morgan fingerprint density at radius 1 is 1.21 bits per heavy atom. The third kappa shape index (κ3) is 4.33. The smallest absolute Gasteiger partial charge is 0.234 e. The minimum absolute atomic E-state index is 0. The lowest BCUT2D eigenvalue weighted by atomic mass is 10.2. The molecule has 2 aliphatic rings. The molecule has 19 heavy (non-hydrogen) atoms. The molecule has 6 nitrogen and oxygen atoms in total. The molecule has 0 spiro atoms. The van der Waals surface area contributed by atoms with Crippen molar-refractivity contribution in [2.45, 2.75) is 25.3 Å². The summed E-state index contributed by atoms with van der Waals surface area (Å²) in [4.78, 5) is 27.2. The molecule has 110 valence electrons. The highest BCUT2D eigenvalue weighted by Crippen LogP contribution is 2.17. The van der Waals surface area contributed by atoms with Crippen LogP contribution < -0.4 is 11.1 Å². The third-order valence-electron chi connectivity index (χ3n) is 3.77. The van der Waals surface area contributed by atoms with Crippen molar-refractivity contribution in [2.75, 3.05) is 39.3 Å². The van der Waals surface area contributed by atoms with Crippen molar-refractivity contribution in [1.82, 2.24) is 15.1 Å². The van der Waals surface area contributed by atoms with E-state index in [2.05, 4.69) is 5.32 Å². The van der Waals surface area contributed by atoms with Crippen LogP contribution >= 0.6 is 12.4 Å². The molecule has 2 amide bonds. The summed E-state index contributed by atoms with van der Waals surface area (Å²) in [6, 6.07) is -0.166. The highest BCUT2D eigenvalue weighted by atomic mass is 35.5. The first-order chi connectivity index (χ1) is 8.68. The molecule has 2 aliphatic heterocycles. The number of carbonyl (C=O) groups is 2. The number of carbonyl (C=O) groups excluding carboxylic acids is 2. The van der Waals surface area contributed by atoms with Crippen LogP contribution in [0.5, 0.6) is 0 Å². The molecule has 2 saturated heterocycles. The second-order valence-electron chi connectivity index (χ2n) is 4.98. The van der Waals surface area contributed by atoms with Gasteiger partial charge in [-0.25, -0.2) is 0 Å². The Morgan fingerprint density at radius 3 is 2.53 bits per heavy atom. The van der Waals surface area contributed by atoms with Gasteiger partial charge in [-0.05, 0) is 19.4 Å². The number of rotatable bonds is 4. The van der Waals surface area contributed by atoms with E-state index in [1.807, 2.05) is 9.80 Å². The molecule has 0 aromatic heterocycles. The van der Waals surface area contributed by atoms with Gasteiger partial charge in [0.05, 0.1) is 6.04 Å². The van der Waals surface area contributed by atoms with Gasteiger partial charge in [0, 0.05) is 39.1 Å². The summed E-state index contributed by atoms with van der Waals surface area (Å²) in [7, 11) is 0. The first kappa shape index (κ1) is 16.2. The van der Waals surface area contributed by atoms with Crippen molar-refractivity contribution < 1.29 is 9.59 Å². The number of hydrogen-bond acceptors (Lipinski definition) is 4. The van der Waals surface area contributed by atoms with Crippen LogP contribution in [0, 0.1) is 0 Å². The lowest BCUT2D eigenvalue weighted by Crippen LogP contribution is -2.47. The fourth-order valence-corrected chi connectivity index (χ4v) is 2.73. The molecule has 0 saturated carbocycles. The number of nitrogens with zero attached hydrogens (tertiary/aromatic N) is 2. The average molecular weight is 291 g/mol. The van der Waals surface area contributed by atoms with E-state index in [4.69, 9.17) is 5.73 Å². The van der Waals surface area contributed by atoms with Gasteiger partial charge in [0.1, 0.15) is 0 Å². The maximum absolute atomic E-state index is 12.0. The molecule has 0 aromatic rings. The monoisotopic (exact) mass is 290 g/mol. The van der Waals surface area contributed by atoms with Crippen LogP contribution in [0.4, 0.5) is 0 Å². The van der Waals surface area contributed by atoms with Gasteiger partial charge in [0.15, 0.2) is 0 Å². The molecule has 0 aromatic carbocycles. The normalized spacial score (nSPS) is 24.0. The Kier molecular flexibility index (Phi) is 6.54. The standard InChI is InChI=1S/C12H22N4O2.ClH/c13-12(18)10-2-1-6-15(10)7-3-11(17)16-8-4-14-5-9-16;/h10,14H,1-9H2,(H2,13,18);1H. The highest BCUT2D eigenvalue weighted by molar-refractivity contribution is 5.85. The van der Waals surface area contributed by atoms with Crippen LogP contribution in [0.3, 0.4) is 0 Å². The minimum atomic E-state index is -0.262. The molecule has 2 rings (SSSR count). The van der Waals surface area contributed by atoms with Crippen molar-refractivity contribution in [1.29, 1.82) is 0 Å². The number of hydrogen-bond donors (Lipinski definition) is 2. The van der Waals surface area contributed by atoms with E-state index in [1.165, 1.54) is 0 Å². The van der Waals surface area contributed by atoms with Crippen LogP contribution in [-0.4, -0.2) is 66.9 Å². The SMILES string of the molecule is Cl.NC(=O)C1CCCN1CCC(=O)N1CCNCC1. The summed E-state index contributed by atoms with van der Waals surface area (Å²) in [6.45, 7) is 4.85. The largest absolute Gasteiger partial charge is 0.368 e. The number of halogens is 1. The zero-order valence-electron chi connectivity index (χ0n) is 11.1. The van der Waals surface area contributed by atoms with E-state index in [0.717, 1.165) is 45.6 Å². The molecule has 2 fully saturated rings. The van der Waals surface area contributed by atoms with Gasteiger partial charge >= 0.3 is 0 Å². The van der Waals surface area contributed by atoms with E-state index in [9.17, 15) is 9.59 Å². The molecular formula is C12H23ClN4O2. The van der Waals surface area contributed by atoms with Crippen LogP contribution in [0.25, 0.3) is 0 Å². The zero-order chi connectivity index (χ0) is 13.0. The van der Waals surface area contributed by atoms with E-state index in [1.54, 1.807) is 0 Å². The number of piperazine rings is 1. The van der Waals surface area contributed by atoms with Gasteiger partial charge in [-0.3, -0.25) is 14.5 Å². The first-order valence-corrected chi connectivity index (χ1v) is 6.70. The van der Waals surface area contributed by atoms with Gasteiger partial charge in [-0.1, -0.05) is 0 Å². The maximum Gasteiger partial charge on any atom is 0.234 e. The van der Waals surface area contributed by atoms with Crippen molar-refractivity contribution in [2.24, 2.45) is 5.73 Å². The fourth-order valence-electron chi connectivity index (χ4n) is 2.73. The quantitative estimate of drug-likeness (QED) is 0.709. The van der Waals surface area contributed by atoms with E-state index >= 15 is 0 Å². The summed E-state index contributed by atoms with van der Waals surface area (Å²) in [5.41, 5.74) is 5.35. The van der Waals surface area contributed by atoms with Crippen LogP contribution in [0.15, 0.2) is 0 Å². The number of nitrogens with one attached hydrogen (secondary N) is 1. The summed E-state index contributed by atoms with van der Waals surface area (Å²) in [5, 5.41) is 3.22. The van der Waals surface area contributed by atoms with Crippen molar-refractivity contribution in [3.05, 3.63) is 0 Å². The first-order valence-electron chi connectivity index (χ1n) is 6.70. The van der Waals surface area contributed by atoms with Gasteiger partial charge < -0.3 is 16.0 Å². The molecule has 1 atom stereocenters. The Balaban J connectivity index is 0.00000180. The predicted molar refractivity (Wildman–Crippen MR) is 75.1 cm³/mol. The summed E-state index contributed by atoms with van der Waals surface area (Å²) >= 11 is 0. The van der Waals surface area contributed by atoms with Crippen molar-refractivity contribution in [3.8, 4) is 0 Å². The number of nitrogens with two attached hydrogens (primary N) is 1. The molecule has 0 bridgehead atoms. The van der Waals surface area contributed by atoms with E-state index in [-0.39, 0.29) is 30.3 Å². The molecule has 2 heterocycles. The lowest BCUT2D eigenvalue weighted by Gasteiger charge is -2.29. The van der Waals surface area contributed by atoms with Gasteiger partial charge in [0.2, 0.25) is 11.8 Å². The molecule has 0 radical (unpaired) electrons. The Hall–Kier alpha value is -0.850. The molecular weight excluding hydrogens is 268 g/mol. The van der Waals surface area contributed by atoms with Gasteiger partial charge in [-0.2, -0.15) is 0 Å². The number of amides is 2. The molecule has 0 aliphatic carbocycles. The van der Waals surface area contributed by atoms with E-state index in [0.29, 0.717) is 13.0 Å². The second-order valence-corrected chi connectivity index (χ2v) is 4.98. The van der Waals surface area contributed by atoms with Crippen LogP contribution in [-0.2, 0) is 9.59 Å². The molecule has 3 N–H and O–H groups in total. The fraction of sp³-hybridized carbons (Fsp3) is 0.833. The Bertz CT molecular complexity index is 321. The third-order valence-corrected chi connectivity index (χ3v) is 3.77. The van der Waals surface area contributed by atoms with Gasteiger partial charge in [-0.15, -0.1) is 12.4 Å². The second kappa shape index (κ2) is 7.67.